The van der Waals surface area contributed by atoms with E-state index in [-0.39, 0.29) is 48.4 Å². The number of piperidine rings is 1. The number of hydrogen-bond acceptors (Lipinski definition) is 10. The molecule has 1 fully saturated rings. The molecule has 3 amide bonds. The SMILES string of the molecule is CCC(C)C(NC(=O)[C@H]1CCCCN1C)C(=O)N(C)C(CC(OC(C)=O)c1nc(C(=O)NC(CNS(C)(=O)=O)Cc2ccccc2)cs1)C(C)C. The van der Waals surface area contributed by atoms with Gasteiger partial charge in [-0.05, 0) is 50.3 Å². The zero-order valence-corrected chi connectivity index (χ0v) is 32.8. The molecule has 3 rings (SSSR count). The van der Waals surface area contributed by atoms with E-state index in [2.05, 4.69) is 20.3 Å². The Bertz CT molecular complexity index is 1570. The van der Waals surface area contributed by atoms with Gasteiger partial charge in [0, 0.05) is 44.4 Å². The van der Waals surface area contributed by atoms with Crippen molar-refractivity contribution in [1.29, 1.82) is 0 Å². The van der Waals surface area contributed by atoms with Crippen molar-refractivity contribution < 1.29 is 32.3 Å². The third kappa shape index (κ3) is 13.0. The summed E-state index contributed by atoms with van der Waals surface area (Å²) in [5.74, 6) is -1.57. The molecule has 1 aliphatic heterocycles. The molecule has 2 aromatic rings. The summed E-state index contributed by atoms with van der Waals surface area (Å²) >= 11 is 1.16. The Morgan fingerprint density at radius 3 is 2.37 bits per heavy atom. The Kier molecular flexibility index (Phi) is 16.0. The molecule has 0 bridgehead atoms. The topological polar surface area (TPSA) is 167 Å². The molecule has 2 heterocycles. The third-order valence-electron chi connectivity index (χ3n) is 9.51. The number of nitrogens with zero attached hydrogens (tertiary/aromatic N) is 3. The highest BCUT2D eigenvalue weighted by Crippen LogP contribution is 2.31. The Morgan fingerprint density at radius 1 is 1.10 bits per heavy atom. The van der Waals surface area contributed by atoms with Gasteiger partial charge < -0.3 is 20.3 Å². The quantitative estimate of drug-likeness (QED) is 0.193. The number of amides is 3. The Morgan fingerprint density at radius 2 is 1.78 bits per heavy atom. The number of nitrogens with one attached hydrogen (secondary N) is 3. The van der Waals surface area contributed by atoms with Crippen LogP contribution in [-0.2, 0) is 35.6 Å². The normalized spacial score (nSPS) is 18.3. The van der Waals surface area contributed by atoms with Crippen molar-refractivity contribution in [2.45, 2.75) is 103 Å². The average molecular weight is 749 g/mol. The van der Waals surface area contributed by atoms with E-state index in [4.69, 9.17) is 4.74 Å². The highest BCUT2D eigenvalue weighted by Gasteiger charge is 2.37. The van der Waals surface area contributed by atoms with Gasteiger partial charge in [0.15, 0.2) is 6.10 Å². The molecule has 0 radical (unpaired) electrons. The zero-order chi connectivity index (χ0) is 37.9. The van der Waals surface area contributed by atoms with Gasteiger partial charge in [0.25, 0.3) is 5.91 Å². The highest BCUT2D eigenvalue weighted by molar-refractivity contribution is 7.88. The second-order valence-corrected chi connectivity index (χ2v) is 16.7. The van der Waals surface area contributed by atoms with Crippen LogP contribution >= 0.6 is 11.3 Å². The number of carbonyl (C=O) groups excluding carboxylic acids is 4. The van der Waals surface area contributed by atoms with E-state index in [1.54, 1.807) is 17.3 Å². The smallest absolute Gasteiger partial charge is 0.303 e. The predicted molar refractivity (Wildman–Crippen MR) is 199 cm³/mol. The van der Waals surface area contributed by atoms with Crippen molar-refractivity contribution in [3.63, 3.8) is 0 Å². The van der Waals surface area contributed by atoms with E-state index in [1.807, 2.05) is 70.0 Å². The van der Waals surface area contributed by atoms with Gasteiger partial charge in [-0.2, -0.15) is 0 Å². The van der Waals surface area contributed by atoms with E-state index in [1.165, 1.54) is 6.92 Å². The number of esters is 1. The first kappa shape index (κ1) is 42.0. The molecule has 0 aliphatic carbocycles. The van der Waals surface area contributed by atoms with Gasteiger partial charge in [-0.15, -0.1) is 11.3 Å². The molecular formula is C36H56N6O7S2. The van der Waals surface area contributed by atoms with Crippen molar-refractivity contribution in [3.05, 3.63) is 52.0 Å². The van der Waals surface area contributed by atoms with E-state index in [9.17, 15) is 27.6 Å². The maximum atomic E-state index is 14.2. The number of sulfonamides is 1. The van der Waals surface area contributed by atoms with Crippen molar-refractivity contribution in [2.24, 2.45) is 11.8 Å². The van der Waals surface area contributed by atoms with Crippen LogP contribution in [-0.4, -0.2) is 105 Å². The fraction of sp³-hybridized carbons (Fsp3) is 0.639. The first-order valence-corrected chi connectivity index (χ1v) is 20.5. The molecule has 1 aliphatic rings. The number of benzene rings is 1. The maximum absolute atomic E-state index is 14.2. The van der Waals surface area contributed by atoms with Crippen LogP contribution in [0.25, 0.3) is 0 Å². The summed E-state index contributed by atoms with van der Waals surface area (Å²) in [5.41, 5.74) is 1.02. The highest BCUT2D eigenvalue weighted by atomic mass is 32.2. The van der Waals surface area contributed by atoms with E-state index < -0.39 is 46.1 Å². The largest absolute Gasteiger partial charge is 0.455 e. The monoisotopic (exact) mass is 748 g/mol. The average Bonchev–Trinajstić information content (AvgIpc) is 3.57. The molecule has 1 aromatic heterocycles. The van der Waals surface area contributed by atoms with E-state index in [0.29, 0.717) is 17.8 Å². The first-order chi connectivity index (χ1) is 24.0. The molecule has 1 aromatic carbocycles. The van der Waals surface area contributed by atoms with Gasteiger partial charge in [0.2, 0.25) is 21.8 Å². The summed E-state index contributed by atoms with van der Waals surface area (Å²) in [6.45, 7) is 10.0. The molecule has 1 saturated heterocycles. The summed E-state index contributed by atoms with van der Waals surface area (Å²) in [4.78, 5) is 61.5. The molecule has 0 spiro atoms. The van der Waals surface area contributed by atoms with Gasteiger partial charge in [-0.3, -0.25) is 24.1 Å². The molecular weight excluding hydrogens is 693 g/mol. The standard InChI is InChI=1S/C36H56N6O7S2/c1-9-24(4)32(40-34(45)29-17-13-14-18-41(29)6)36(46)42(7)30(23(2)3)20-31(49-25(5)43)35-39-28(22-50-35)33(44)38-27(21-37-51(8,47)48)19-26-15-11-10-12-16-26/h10-12,15-16,22-24,27,29-32,37H,9,13-14,17-21H2,1-8H3,(H,38,44)(H,40,45)/t24?,27?,29-,30?,31?,32?/m1/s1. The lowest BCUT2D eigenvalue weighted by Gasteiger charge is -2.38. The van der Waals surface area contributed by atoms with Crippen molar-refractivity contribution in [3.8, 4) is 0 Å². The number of likely N-dealkylation sites (tertiary alicyclic amines) is 1. The molecule has 3 N–H and O–H groups in total. The lowest BCUT2D eigenvalue weighted by molar-refractivity contribution is -0.149. The lowest BCUT2D eigenvalue weighted by atomic mass is 9.92. The molecule has 51 heavy (non-hydrogen) atoms. The Hall–Kier alpha value is -3.40. The van der Waals surface area contributed by atoms with E-state index >= 15 is 0 Å². The summed E-state index contributed by atoms with van der Waals surface area (Å²) in [7, 11) is 0.148. The van der Waals surface area contributed by atoms with Crippen LogP contribution in [0.2, 0.25) is 0 Å². The molecule has 6 atom stereocenters. The lowest BCUT2D eigenvalue weighted by Crippen LogP contribution is -2.58. The fourth-order valence-electron chi connectivity index (χ4n) is 6.34. The van der Waals surface area contributed by atoms with Crippen LogP contribution in [0.3, 0.4) is 0 Å². The fourth-order valence-corrected chi connectivity index (χ4v) is 7.69. The summed E-state index contributed by atoms with van der Waals surface area (Å²) < 4.78 is 31.9. The minimum Gasteiger partial charge on any atom is -0.455 e. The van der Waals surface area contributed by atoms with Crippen LogP contribution < -0.4 is 15.4 Å². The van der Waals surface area contributed by atoms with Gasteiger partial charge in [0.1, 0.15) is 16.7 Å². The van der Waals surface area contributed by atoms with E-state index in [0.717, 1.165) is 49.0 Å². The van der Waals surface area contributed by atoms with Crippen LogP contribution in [0, 0.1) is 11.8 Å². The summed E-state index contributed by atoms with van der Waals surface area (Å²) in [6.07, 6.45) is 4.25. The first-order valence-electron chi connectivity index (χ1n) is 17.7. The number of aromatic nitrogens is 1. The minimum atomic E-state index is -3.50. The molecule has 284 valence electrons. The number of ether oxygens (including phenoxy) is 1. The number of hydrogen-bond donors (Lipinski definition) is 3. The van der Waals surface area contributed by atoms with Crippen LogP contribution in [0.1, 0.15) is 93.9 Å². The molecule has 5 unspecified atom stereocenters. The predicted octanol–water partition coefficient (Wildman–Crippen LogP) is 3.53. The van der Waals surface area contributed by atoms with Crippen LogP contribution in [0.5, 0.6) is 0 Å². The zero-order valence-electron chi connectivity index (χ0n) is 31.2. The molecule has 15 heteroatoms. The molecule has 0 saturated carbocycles. The molecule has 13 nitrogen and oxygen atoms in total. The van der Waals surface area contributed by atoms with Crippen molar-refractivity contribution in [1.82, 2.24) is 30.1 Å². The second-order valence-electron chi connectivity index (χ2n) is 14.0. The van der Waals surface area contributed by atoms with Crippen LogP contribution in [0.15, 0.2) is 35.7 Å². The van der Waals surface area contributed by atoms with Crippen molar-refractivity contribution in [2.75, 3.05) is 33.4 Å². The summed E-state index contributed by atoms with van der Waals surface area (Å²) in [5, 5.41) is 7.93. The minimum absolute atomic E-state index is 0.0155. The maximum Gasteiger partial charge on any atom is 0.303 e. The number of likely N-dealkylation sites (N-methyl/N-ethyl adjacent to an activating group) is 2. The van der Waals surface area contributed by atoms with Crippen LogP contribution in [0.4, 0.5) is 0 Å². The third-order valence-corrected chi connectivity index (χ3v) is 11.1. The van der Waals surface area contributed by atoms with Gasteiger partial charge in [0.05, 0.1) is 12.3 Å². The number of thiazole rings is 1. The van der Waals surface area contributed by atoms with Gasteiger partial charge in [-0.1, -0.05) is 70.9 Å². The van der Waals surface area contributed by atoms with Crippen molar-refractivity contribution >= 4 is 45.1 Å². The number of carbonyl (C=O) groups is 4. The van der Waals surface area contributed by atoms with Gasteiger partial charge >= 0.3 is 5.97 Å². The Labute approximate surface area is 307 Å². The second kappa shape index (κ2) is 19.4. The van der Waals surface area contributed by atoms with Gasteiger partial charge in [-0.25, -0.2) is 18.1 Å². The summed E-state index contributed by atoms with van der Waals surface area (Å²) in [6, 6.07) is 7.42. The number of rotatable bonds is 18. The Balaban J connectivity index is 1.80.